The van der Waals surface area contributed by atoms with Crippen molar-refractivity contribution in [2.75, 3.05) is 0 Å². The first-order valence-electron chi connectivity index (χ1n) is 6.46. The molecule has 2 rings (SSSR count). The van der Waals surface area contributed by atoms with Gasteiger partial charge in [0.05, 0.1) is 6.10 Å². The predicted molar refractivity (Wildman–Crippen MR) is 65.5 cm³/mol. The number of hydrogen-bond acceptors (Lipinski definition) is 3. The van der Waals surface area contributed by atoms with Crippen molar-refractivity contribution in [1.29, 1.82) is 0 Å². The summed E-state index contributed by atoms with van der Waals surface area (Å²) in [6.45, 7) is 6.17. The first-order valence-corrected chi connectivity index (χ1v) is 6.46. The van der Waals surface area contributed by atoms with Crippen LogP contribution in [0.4, 0.5) is 0 Å². The van der Waals surface area contributed by atoms with Crippen molar-refractivity contribution < 1.29 is 14.6 Å². The topological polar surface area (TPSA) is 46.5 Å². The van der Waals surface area contributed by atoms with Crippen LogP contribution in [0.5, 0.6) is 0 Å². The quantitative estimate of drug-likeness (QED) is 0.705. The molecule has 0 amide bonds. The van der Waals surface area contributed by atoms with Crippen molar-refractivity contribution in [1.82, 2.24) is 0 Å². The largest absolute Gasteiger partial charge is 0.489 e. The summed E-state index contributed by atoms with van der Waals surface area (Å²) >= 11 is 0. The maximum atomic E-state index is 11.7. The Kier molecular flexibility index (Phi) is 3.06. The van der Waals surface area contributed by atoms with Crippen LogP contribution in [0.1, 0.15) is 52.9 Å². The second-order valence-corrected chi connectivity index (χ2v) is 6.18. The number of rotatable bonds is 0. The minimum absolute atomic E-state index is 0.0658. The molecule has 0 aromatic heterocycles. The smallest absolute Gasteiger partial charge is 0.159 e. The van der Waals surface area contributed by atoms with E-state index in [2.05, 4.69) is 13.8 Å². The zero-order valence-corrected chi connectivity index (χ0v) is 11.0. The van der Waals surface area contributed by atoms with Gasteiger partial charge in [-0.15, -0.1) is 0 Å². The Morgan fingerprint density at radius 1 is 1.35 bits per heavy atom. The highest BCUT2D eigenvalue weighted by molar-refractivity contribution is 5.90. The van der Waals surface area contributed by atoms with Crippen molar-refractivity contribution in [3.05, 3.63) is 11.8 Å². The lowest BCUT2D eigenvalue weighted by Crippen LogP contribution is -2.43. The molecule has 0 saturated carbocycles. The number of ketones is 1. The second kappa shape index (κ2) is 4.13. The van der Waals surface area contributed by atoms with E-state index in [4.69, 9.17) is 4.74 Å². The van der Waals surface area contributed by atoms with E-state index in [1.165, 1.54) is 0 Å². The van der Waals surface area contributed by atoms with Gasteiger partial charge in [-0.25, -0.2) is 0 Å². The van der Waals surface area contributed by atoms with Crippen LogP contribution < -0.4 is 0 Å². The highest BCUT2D eigenvalue weighted by atomic mass is 16.5. The summed E-state index contributed by atoms with van der Waals surface area (Å²) < 4.78 is 6.03. The molecule has 2 unspecified atom stereocenters. The summed E-state index contributed by atoms with van der Waals surface area (Å²) in [7, 11) is 0. The zero-order chi connectivity index (χ0) is 12.7. The van der Waals surface area contributed by atoms with Crippen LogP contribution >= 0.6 is 0 Å². The summed E-state index contributed by atoms with van der Waals surface area (Å²) in [5.74, 6) is 0.817. The third kappa shape index (κ3) is 2.39. The van der Waals surface area contributed by atoms with E-state index >= 15 is 0 Å². The molecule has 17 heavy (non-hydrogen) atoms. The Morgan fingerprint density at radius 3 is 2.76 bits per heavy atom. The molecule has 2 heterocycles. The van der Waals surface area contributed by atoms with Gasteiger partial charge in [0.15, 0.2) is 5.78 Å². The maximum Gasteiger partial charge on any atom is 0.159 e. The number of ether oxygens (including phenoxy) is 1. The lowest BCUT2D eigenvalue weighted by atomic mass is 9.85. The standard InChI is InChI=1S/C14H22O3/c1-13(2)7-4-8-14(3)11(16)6-5-10(15)9-12(13)17-14/h9,11,16H,4-8H2,1-3H3. The lowest BCUT2D eigenvalue weighted by Gasteiger charge is -2.37. The molecule has 2 aliphatic heterocycles. The van der Waals surface area contributed by atoms with E-state index in [1.54, 1.807) is 6.08 Å². The maximum absolute atomic E-state index is 11.7. The van der Waals surface area contributed by atoms with Gasteiger partial charge in [-0.05, 0) is 32.6 Å². The monoisotopic (exact) mass is 238 g/mol. The van der Waals surface area contributed by atoms with Crippen molar-refractivity contribution in [3.8, 4) is 0 Å². The number of fused-ring (bicyclic) bond motifs is 2. The van der Waals surface area contributed by atoms with E-state index < -0.39 is 11.7 Å². The van der Waals surface area contributed by atoms with E-state index in [9.17, 15) is 9.90 Å². The summed E-state index contributed by atoms with van der Waals surface area (Å²) in [5, 5.41) is 10.2. The molecule has 3 nitrogen and oxygen atoms in total. The fourth-order valence-electron chi connectivity index (χ4n) is 2.71. The molecule has 1 saturated heterocycles. The van der Waals surface area contributed by atoms with Gasteiger partial charge in [-0.3, -0.25) is 4.79 Å². The molecule has 96 valence electrons. The Morgan fingerprint density at radius 2 is 2.06 bits per heavy atom. The van der Waals surface area contributed by atoms with Gasteiger partial charge in [-0.2, -0.15) is 0 Å². The minimum Gasteiger partial charge on any atom is -0.489 e. The van der Waals surface area contributed by atoms with Gasteiger partial charge in [-0.1, -0.05) is 13.8 Å². The molecular formula is C14H22O3. The van der Waals surface area contributed by atoms with Crippen molar-refractivity contribution in [2.45, 2.75) is 64.6 Å². The minimum atomic E-state index is -0.552. The molecule has 0 radical (unpaired) electrons. The zero-order valence-electron chi connectivity index (χ0n) is 11.0. The molecule has 0 aromatic carbocycles. The molecule has 2 aliphatic rings. The van der Waals surface area contributed by atoms with Gasteiger partial charge in [0.25, 0.3) is 0 Å². The number of allylic oxidation sites excluding steroid dienone is 2. The summed E-state index contributed by atoms with van der Waals surface area (Å²) in [6.07, 6.45) is 4.88. The number of carbonyl (C=O) groups is 1. The number of aliphatic hydroxyl groups excluding tert-OH is 1. The van der Waals surface area contributed by atoms with Gasteiger partial charge in [0, 0.05) is 17.9 Å². The van der Waals surface area contributed by atoms with E-state index in [0.29, 0.717) is 12.8 Å². The average molecular weight is 238 g/mol. The van der Waals surface area contributed by atoms with E-state index in [0.717, 1.165) is 25.0 Å². The van der Waals surface area contributed by atoms with Gasteiger partial charge in [0.1, 0.15) is 11.4 Å². The lowest BCUT2D eigenvalue weighted by molar-refractivity contribution is -0.123. The van der Waals surface area contributed by atoms with Crippen molar-refractivity contribution >= 4 is 5.78 Å². The van der Waals surface area contributed by atoms with Gasteiger partial charge in [0.2, 0.25) is 0 Å². The molecule has 0 aliphatic carbocycles. The molecule has 1 N–H and O–H groups in total. The van der Waals surface area contributed by atoms with E-state index in [-0.39, 0.29) is 11.2 Å². The average Bonchev–Trinajstić information content (AvgIpc) is 2.33. The fraction of sp³-hybridized carbons (Fsp3) is 0.786. The van der Waals surface area contributed by atoms with Crippen LogP contribution in [0.2, 0.25) is 0 Å². The Balaban J connectivity index is 2.42. The first-order chi connectivity index (χ1) is 7.83. The van der Waals surface area contributed by atoms with E-state index in [1.807, 2.05) is 6.92 Å². The Hall–Kier alpha value is -0.830. The summed E-state index contributed by atoms with van der Waals surface area (Å²) in [4.78, 5) is 11.7. The van der Waals surface area contributed by atoms with Crippen LogP contribution in [-0.2, 0) is 9.53 Å². The highest BCUT2D eigenvalue weighted by Gasteiger charge is 2.43. The third-order valence-corrected chi connectivity index (χ3v) is 4.15. The molecule has 3 heteroatoms. The van der Waals surface area contributed by atoms with Crippen LogP contribution in [0.25, 0.3) is 0 Å². The normalized spacial score (nSPS) is 37.3. The molecule has 0 aromatic rings. The summed E-state index contributed by atoms with van der Waals surface area (Å²) in [5.41, 5.74) is -0.634. The SMILES string of the molecule is CC1(C)CCCC2(C)OC1=CC(=O)CCC2O. The molecule has 1 fully saturated rings. The Bertz CT molecular complexity index is 356. The van der Waals surface area contributed by atoms with Gasteiger partial charge < -0.3 is 9.84 Å². The molecule has 2 atom stereocenters. The fourth-order valence-corrected chi connectivity index (χ4v) is 2.71. The van der Waals surface area contributed by atoms with Crippen LogP contribution in [-0.4, -0.2) is 22.6 Å². The first kappa shape index (κ1) is 12.6. The summed E-state index contributed by atoms with van der Waals surface area (Å²) in [6, 6.07) is 0. The number of aliphatic hydroxyl groups is 1. The molecular weight excluding hydrogens is 216 g/mol. The number of hydrogen-bond donors (Lipinski definition) is 1. The molecule has 0 spiro atoms. The Labute approximate surface area is 103 Å². The number of carbonyl (C=O) groups excluding carboxylic acids is 1. The second-order valence-electron chi connectivity index (χ2n) is 6.18. The highest BCUT2D eigenvalue weighted by Crippen LogP contribution is 2.43. The van der Waals surface area contributed by atoms with Crippen molar-refractivity contribution in [3.63, 3.8) is 0 Å². The van der Waals surface area contributed by atoms with Crippen molar-refractivity contribution in [2.24, 2.45) is 5.41 Å². The third-order valence-electron chi connectivity index (χ3n) is 4.15. The van der Waals surface area contributed by atoms with Crippen LogP contribution in [0.3, 0.4) is 0 Å². The van der Waals surface area contributed by atoms with Gasteiger partial charge >= 0.3 is 0 Å². The van der Waals surface area contributed by atoms with Crippen LogP contribution in [0, 0.1) is 5.41 Å². The predicted octanol–water partition coefficient (Wildman–Crippen LogP) is 2.58. The molecule has 2 bridgehead atoms. The van der Waals surface area contributed by atoms with Crippen LogP contribution in [0.15, 0.2) is 11.8 Å².